The van der Waals surface area contributed by atoms with Gasteiger partial charge in [-0.1, -0.05) is 42.5 Å². The van der Waals surface area contributed by atoms with Crippen LogP contribution in [-0.2, 0) is 11.2 Å². The Morgan fingerprint density at radius 3 is 2.21 bits per heavy atom. The highest BCUT2D eigenvalue weighted by molar-refractivity contribution is 6.22. The van der Waals surface area contributed by atoms with Crippen LogP contribution in [0.3, 0.4) is 0 Å². The second-order valence-electron chi connectivity index (χ2n) is 6.62. The summed E-state index contributed by atoms with van der Waals surface area (Å²) in [6, 6.07) is 13.5. The molecule has 0 fully saturated rings. The van der Waals surface area contributed by atoms with Gasteiger partial charge in [-0.05, 0) is 24.6 Å². The van der Waals surface area contributed by atoms with Crippen molar-refractivity contribution in [3.63, 3.8) is 0 Å². The minimum Gasteiger partial charge on any atom is -0.504 e. The average Bonchev–Trinajstić information content (AvgIpc) is 2.98. The number of nitrogens with zero attached hydrogens (tertiary/aromatic N) is 3. The van der Waals surface area contributed by atoms with Gasteiger partial charge in [-0.15, -0.1) is 0 Å². The zero-order chi connectivity index (χ0) is 21.0. The lowest BCUT2D eigenvalue weighted by molar-refractivity contribution is -0.125. The molecule has 2 N–H and O–H groups in total. The van der Waals surface area contributed by atoms with Crippen LogP contribution in [0.5, 0.6) is 0 Å². The molecule has 146 valence electrons. The fourth-order valence-corrected chi connectivity index (χ4v) is 3.20. The zero-order valence-corrected chi connectivity index (χ0v) is 15.6. The van der Waals surface area contributed by atoms with Crippen LogP contribution in [0.4, 0.5) is 0 Å². The third kappa shape index (κ3) is 3.99. The van der Waals surface area contributed by atoms with Gasteiger partial charge in [0.1, 0.15) is 6.04 Å². The summed E-state index contributed by atoms with van der Waals surface area (Å²) in [6.07, 6.45) is 1.04. The molecule has 8 nitrogen and oxygen atoms in total. The first kappa shape index (κ1) is 19.8. The van der Waals surface area contributed by atoms with E-state index in [0.29, 0.717) is 0 Å². The van der Waals surface area contributed by atoms with Gasteiger partial charge in [0.15, 0.2) is 4.98 Å². The van der Waals surface area contributed by atoms with E-state index in [4.69, 9.17) is 5.39 Å². The fraction of sp³-hybridized carbons (Fsp3) is 0.190. The van der Waals surface area contributed by atoms with Crippen molar-refractivity contribution in [1.82, 2.24) is 10.2 Å². The van der Waals surface area contributed by atoms with Crippen LogP contribution >= 0.6 is 0 Å². The molecule has 29 heavy (non-hydrogen) atoms. The molecule has 1 aliphatic heterocycles. The number of amides is 3. The number of diazo groups is 1. The van der Waals surface area contributed by atoms with Crippen LogP contribution in [0.1, 0.15) is 33.2 Å². The first-order valence-electron chi connectivity index (χ1n) is 8.98. The molecular formula is C21H19N4O4+. The van der Waals surface area contributed by atoms with E-state index in [9.17, 15) is 19.5 Å². The fourth-order valence-electron chi connectivity index (χ4n) is 3.20. The van der Waals surface area contributed by atoms with E-state index in [2.05, 4.69) is 10.3 Å². The number of hydrogen-bond acceptors (Lipinski definition) is 5. The molecule has 0 bridgehead atoms. The Labute approximate surface area is 167 Å². The zero-order valence-electron chi connectivity index (χ0n) is 15.6. The molecule has 3 amide bonds. The first-order chi connectivity index (χ1) is 13.9. The van der Waals surface area contributed by atoms with Gasteiger partial charge in [0.05, 0.1) is 17.2 Å². The molecule has 2 aromatic rings. The largest absolute Gasteiger partial charge is 0.504 e. The van der Waals surface area contributed by atoms with Crippen LogP contribution in [-0.4, -0.2) is 39.8 Å². The molecule has 0 radical (unpaired) electrons. The van der Waals surface area contributed by atoms with Crippen LogP contribution < -0.4 is 5.32 Å². The number of nitrogens with one attached hydrogen (secondary N) is 1. The van der Waals surface area contributed by atoms with Crippen LogP contribution in [0.15, 0.2) is 66.6 Å². The number of hydrogen-bond donors (Lipinski definition) is 2. The van der Waals surface area contributed by atoms with Crippen molar-refractivity contribution in [2.24, 2.45) is 0 Å². The molecule has 3 rings (SSSR count). The summed E-state index contributed by atoms with van der Waals surface area (Å²) in [4.78, 5) is 41.7. The second kappa shape index (κ2) is 8.35. The average molecular weight is 391 g/mol. The molecule has 0 aromatic heterocycles. The molecule has 1 heterocycles. The Morgan fingerprint density at radius 2 is 1.66 bits per heavy atom. The van der Waals surface area contributed by atoms with Gasteiger partial charge in [-0.3, -0.25) is 19.3 Å². The number of carbonyl (C=O) groups excluding carboxylic acids is 3. The number of benzene rings is 2. The van der Waals surface area contributed by atoms with Gasteiger partial charge in [-0.2, -0.15) is 0 Å². The summed E-state index contributed by atoms with van der Waals surface area (Å²) in [5.74, 6) is -2.08. The summed E-state index contributed by atoms with van der Waals surface area (Å²) >= 11 is 0. The molecule has 2 atom stereocenters. The number of carbonyl (C=O) groups is 3. The third-order valence-electron chi connectivity index (χ3n) is 4.74. The number of aliphatic hydroxyl groups excluding tert-OH is 1. The molecular weight excluding hydrogens is 372 g/mol. The lowest BCUT2D eigenvalue weighted by Crippen LogP contribution is -2.51. The molecule has 2 aromatic carbocycles. The van der Waals surface area contributed by atoms with Crippen LogP contribution in [0.2, 0.25) is 0 Å². The predicted octanol–water partition coefficient (Wildman–Crippen LogP) is 2.65. The monoisotopic (exact) mass is 391 g/mol. The molecule has 0 unspecified atom stereocenters. The summed E-state index contributed by atoms with van der Waals surface area (Å²) in [6.45, 7) is 1.44. The van der Waals surface area contributed by atoms with Crippen molar-refractivity contribution in [2.45, 2.75) is 25.4 Å². The Hall–Kier alpha value is -3.99. The summed E-state index contributed by atoms with van der Waals surface area (Å²) in [5, 5.41) is 21.5. The van der Waals surface area contributed by atoms with Gasteiger partial charge in [0.2, 0.25) is 17.1 Å². The van der Waals surface area contributed by atoms with E-state index >= 15 is 0 Å². The van der Waals surface area contributed by atoms with E-state index in [1.165, 1.54) is 19.1 Å². The maximum atomic E-state index is 12.8. The van der Waals surface area contributed by atoms with Gasteiger partial charge in [0, 0.05) is 6.42 Å². The predicted molar refractivity (Wildman–Crippen MR) is 104 cm³/mol. The molecule has 1 aliphatic rings. The van der Waals surface area contributed by atoms with E-state index in [1.807, 2.05) is 30.3 Å². The van der Waals surface area contributed by atoms with Gasteiger partial charge >= 0.3 is 6.20 Å². The highest BCUT2D eigenvalue weighted by atomic mass is 16.3. The normalized spacial score (nSPS) is 15.4. The van der Waals surface area contributed by atoms with Gasteiger partial charge in [0.25, 0.3) is 11.8 Å². The van der Waals surface area contributed by atoms with Crippen molar-refractivity contribution < 1.29 is 19.5 Å². The summed E-state index contributed by atoms with van der Waals surface area (Å²) < 4.78 is 0. The maximum absolute atomic E-state index is 12.8. The van der Waals surface area contributed by atoms with Crippen molar-refractivity contribution in [3.8, 4) is 0 Å². The Balaban J connectivity index is 1.79. The Kier molecular flexibility index (Phi) is 5.69. The number of aliphatic hydroxyl groups is 1. The van der Waals surface area contributed by atoms with E-state index in [-0.39, 0.29) is 23.3 Å². The smallest absolute Gasteiger partial charge is 0.389 e. The summed E-state index contributed by atoms with van der Waals surface area (Å²) in [5.41, 5.74) is 1.32. The van der Waals surface area contributed by atoms with E-state index in [1.54, 1.807) is 12.1 Å². The third-order valence-corrected chi connectivity index (χ3v) is 4.74. The number of fused-ring (bicyclic) bond motifs is 1. The Bertz CT molecular complexity index is 991. The van der Waals surface area contributed by atoms with E-state index in [0.717, 1.165) is 16.7 Å². The number of imide groups is 1. The van der Waals surface area contributed by atoms with Crippen LogP contribution in [0.25, 0.3) is 4.98 Å². The van der Waals surface area contributed by atoms with Gasteiger partial charge in [-0.25, -0.2) is 0 Å². The number of rotatable bonds is 6. The quantitative estimate of drug-likeness (QED) is 0.446. The molecule has 0 saturated carbocycles. The topological polar surface area (TPSA) is 115 Å². The van der Waals surface area contributed by atoms with Crippen molar-refractivity contribution in [3.05, 3.63) is 88.2 Å². The lowest BCUT2D eigenvalue weighted by Gasteiger charge is -2.24. The lowest BCUT2D eigenvalue weighted by atomic mass is 10.0. The first-order valence-corrected chi connectivity index (χ1v) is 8.98. The molecule has 0 saturated heterocycles. The summed E-state index contributed by atoms with van der Waals surface area (Å²) in [7, 11) is 0. The maximum Gasteiger partial charge on any atom is 0.389 e. The highest BCUT2D eigenvalue weighted by Gasteiger charge is 2.41. The Morgan fingerprint density at radius 1 is 1.10 bits per heavy atom. The molecule has 0 aliphatic carbocycles. The van der Waals surface area contributed by atoms with E-state index < -0.39 is 29.8 Å². The van der Waals surface area contributed by atoms with Crippen molar-refractivity contribution in [1.29, 1.82) is 5.39 Å². The minimum atomic E-state index is -1.10. The molecule has 8 heteroatoms. The van der Waals surface area contributed by atoms with Crippen molar-refractivity contribution >= 4 is 17.7 Å². The standard InChI is InChI=1S/C21H18N4O4/c1-13(25-20(28)15-9-5-6-10-16(15)21(25)29)19(27)24-17(18(26)12-23-22)11-14-7-3-2-4-8-14/h2-10,12-13,17H,11H2,1H3,(H-,24,26,27)/p+1/b18-12+/t13-,17-/m1/s1. The van der Waals surface area contributed by atoms with Crippen molar-refractivity contribution in [2.75, 3.05) is 0 Å². The van der Waals surface area contributed by atoms with Gasteiger partial charge < -0.3 is 10.4 Å². The molecule has 0 spiro atoms. The van der Waals surface area contributed by atoms with Crippen LogP contribution in [0, 0.1) is 5.39 Å². The highest BCUT2D eigenvalue weighted by Crippen LogP contribution is 2.24. The SMILES string of the molecule is C[C@H](C(=O)N[C@H](Cc1ccccc1)/C(O)=C\[N+]#N)N1C(=O)c2ccccc2C1=O. The minimum absolute atomic E-state index is 0.221. The second-order valence-corrected chi connectivity index (χ2v) is 6.62.